The van der Waals surface area contributed by atoms with Gasteiger partial charge in [0.25, 0.3) is 5.91 Å². The fourth-order valence-corrected chi connectivity index (χ4v) is 2.50. The number of para-hydroxylation sites is 1. The zero-order valence-corrected chi connectivity index (χ0v) is 14.6. The molecule has 0 atom stereocenters. The van der Waals surface area contributed by atoms with Gasteiger partial charge in [0.2, 0.25) is 0 Å². The van der Waals surface area contributed by atoms with E-state index in [1.54, 1.807) is 6.07 Å². The Morgan fingerprint density at radius 2 is 1.83 bits per heavy atom. The molecule has 3 rings (SSSR count). The molecule has 3 aromatic rings. The predicted molar refractivity (Wildman–Crippen MR) is 90.5 cm³/mol. The summed E-state index contributed by atoms with van der Waals surface area (Å²) in [6.45, 7) is 0. The number of aryl methyl sites for hydroxylation is 1. The van der Waals surface area contributed by atoms with Gasteiger partial charge < -0.3 is 5.32 Å². The van der Waals surface area contributed by atoms with Crippen molar-refractivity contribution in [3.05, 3.63) is 65.0 Å². The number of anilines is 1. The van der Waals surface area contributed by atoms with Crippen LogP contribution in [-0.2, 0) is 13.2 Å². The molecule has 0 saturated heterocycles. The van der Waals surface area contributed by atoms with Crippen LogP contribution in [0.2, 0.25) is 0 Å². The molecule has 0 spiro atoms. The molecule has 0 fully saturated rings. The van der Waals surface area contributed by atoms with E-state index >= 15 is 0 Å². The number of halogens is 5. The second kappa shape index (κ2) is 7.31. The monoisotopic (exact) mass is 407 g/mol. The molecule has 1 aromatic carbocycles. The van der Waals surface area contributed by atoms with Crippen molar-refractivity contribution in [2.24, 2.45) is 7.05 Å². The maximum Gasteiger partial charge on any atom is 0.433 e. The van der Waals surface area contributed by atoms with E-state index < -0.39 is 35.1 Å². The van der Waals surface area contributed by atoms with Crippen molar-refractivity contribution in [3.63, 3.8) is 0 Å². The molecule has 148 valence electrons. The summed E-state index contributed by atoms with van der Waals surface area (Å²) >= 11 is 0. The summed E-state index contributed by atoms with van der Waals surface area (Å²) in [5, 5.41) is 15.0. The molecule has 29 heavy (non-hydrogen) atoms. The summed E-state index contributed by atoms with van der Waals surface area (Å²) in [7, 11) is 1.32. The maximum absolute atomic E-state index is 13.7. The van der Waals surface area contributed by atoms with E-state index in [1.165, 1.54) is 7.05 Å². The van der Waals surface area contributed by atoms with Crippen molar-refractivity contribution >= 4 is 11.6 Å². The summed E-state index contributed by atoms with van der Waals surface area (Å²) in [5.74, 6) is -3.03. The van der Waals surface area contributed by atoms with Crippen LogP contribution in [0.15, 0.2) is 36.4 Å². The molecular weight excluding hydrogens is 397 g/mol. The van der Waals surface area contributed by atoms with Crippen molar-refractivity contribution in [1.82, 2.24) is 14.8 Å². The van der Waals surface area contributed by atoms with Gasteiger partial charge in [0.05, 0.1) is 11.3 Å². The van der Waals surface area contributed by atoms with Gasteiger partial charge >= 0.3 is 6.18 Å². The van der Waals surface area contributed by atoms with Gasteiger partial charge in [-0.3, -0.25) is 9.48 Å². The van der Waals surface area contributed by atoms with E-state index in [2.05, 4.69) is 10.1 Å². The van der Waals surface area contributed by atoms with Crippen LogP contribution in [-0.4, -0.2) is 20.7 Å². The highest BCUT2D eigenvalue weighted by Gasteiger charge is 2.33. The number of rotatable bonds is 3. The SMILES string of the molecule is Cn1nc(C(=O)Nc2c(F)cccc2F)cc1-c1nc(C(F)(F)F)ccc1C#N. The third kappa shape index (κ3) is 3.91. The predicted octanol–water partition coefficient (Wildman–Crippen LogP) is 3.90. The number of nitriles is 1. The van der Waals surface area contributed by atoms with Crippen molar-refractivity contribution in [3.8, 4) is 17.5 Å². The summed E-state index contributed by atoms with van der Waals surface area (Å²) < 4.78 is 67.3. The van der Waals surface area contributed by atoms with E-state index in [-0.39, 0.29) is 22.6 Å². The molecule has 0 radical (unpaired) electrons. The normalized spacial score (nSPS) is 11.2. The molecule has 0 unspecified atom stereocenters. The van der Waals surface area contributed by atoms with Gasteiger partial charge in [-0.1, -0.05) is 6.07 Å². The molecule has 6 nitrogen and oxygen atoms in total. The summed E-state index contributed by atoms with van der Waals surface area (Å²) in [6.07, 6.45) is -4.75. The van der Waals surface area contributed by atoms with Crippen molar-refractivity contribution < 1.29 is 26.7 Å². The van der Waals surface area contributed by atoms with E-state index in [4.69, 9.17) is 0 Å². The van der Waals surface area contributed by atoms with E-state index in [9.17, 15) is 32.0 Å². The smallest absolute Gasteiger partial charge is 0.316 e. The summed E-state index contributed by atoms with van der Waals surface area (Å²) in [5.41, 5.74) is -2.84. The molecule has 0 aliphatic rings. The number of benzene rings is 1. The molecule has 2 aromatic heterocycles. The molecule has 1 amide bonds. The minimum Gasteiger partial charge on any atom is -0.316 e. The number of hydrogen-bond acceptors (Lipinski definition) is 4. The number of carbonyl (C=O) groups excluding carboxylic acids is 1. The number of aromatic nitrogens is 3. The molecule has 0 saturated carbocycles. The third-order valence-electron chi connectivity index (χ3n) is 3.86. The van der Waals surface area contributed by atoms with Crippen molar-refractivity contribution in [2.45, 2.75) is 6.18 Å². The van der Waals surface area contributed by atoms with Gasteiger partial charge in [0.1, 0.15) is 34.8 Å². The Labute approximate surface area is 160 Å². The zero-order chi connectivity index (χ0) is 21.3. The first-order valence-electron chi connectivity index (χ1n) is 7.90. The highest BCUT2D eigenvalue weighted by Crippen LogP contribution is 2.31. The van der Waals surface area contributed by atoms with Gasteiger partial charge in [-0.2, -0.15) is 23.5 Å². The Bertz CT molecular complexity index is 1130. The number of nitrogens with zero attached hydrogens (tertiary/aromatic N) is 4. The number of pyridine rings is 1. The molecule has 0 aliphatic carbocycles. The zero-order valence-electron chi connectivity index (χ0n) is 14.6. The van der Waals surface area contributed by atoms with Crippen LogP contribution in [0.4, 0.5) is 27.6 Å². The molecule has 0 bridgehead atoms. The average Bonchev–Trinajstić information content (AvgIpc) is 3.05. The average molecular weight is 407 g/mol. The lowest BCUT2D eigenvalue weighted by Gasteiger charge is -2.09. The lowest BCUT2D eigenvalue weighted by molar-refractivity contribution is -0.141. The first-order chi connectivity index (χ1) is 13.6. The number of alkyl halides is 3. The Morgan fingerprint density at radius 1 is 1.17 bits per heavy atom. The molecule has 11 heteroatoms. The molecule has 0 aliphatic heterocycles. The van der Waals surface area contributed by atoms with Crippen LogP contribution in [0.25, 0.3) is 11.4 Å². The van der Waals surface area contributed by atoms with Crippen LogP contribution < -0.4 is 5.32 Å². The Balaban J connectivity index is 2.01. The number of nitrogens with one attached hydrogen (secondary N) is 1. The van der Waals surface area contributed by atoms with Gasteiger partial charge in [0, 0.05) is 7.05 Å². The Kier molecular flexibility index (Phi) is 5.02. The third-order valence-corrected chi connectivity index (χ3v) is 3.86. The number of amides is 1. The largest absolute Gasteiger partial charge is 0.433 e. The second-order valence-electron chi connectivity index (χ2n) is 5.79. The lowest BCUT2D eigenvalue weighted by atomic mass is 10.1. The first-order valence-corrected chi connectivity index (χ1v) is 7.90. The number of hydrogen-bond donors (Lipinski definition) is 1. The fraction of sp³-hybridized carbons (Fsp3) is 0.111. The van der Waals surface area contributed by atoms with E-state index in [0.29, 0.717) is 6.07 Å². The minimum atomic E-state index is -4.75. The first kappa shape index (κ1) is 19.9. The highest BCUT2D eigenvalue weighted by atomic mass is 19.4. The fourth-order valence-electron chi connectivity index (χ4n) is 2.50. The van der Waals surface area contributed by atoms with Gasteiger partial charge in [-0.15, -0.1) is 0 Å². The van der Waals surface area contributed by atoms with E-state index in [1.807, 2.05) is 5.32 Å². The van der Waals surface area contributed by atoms with Gasteiger partial charge in [-0.25, -0.2) is 13.8 Å². The van der Waals surface area contributed by atoms with Gasteiger partial charge in [-0.05, 0) is 30.3 Å². The summed E-state index contributed by atoms with van der Waals surface area (Å²) in [6, 6.07) is 7.39. The van der Waals surface area contributed by atoms with Gasteiger partial charge in [0.15, 0.2) is 5.69 Å². The van der Waals surface area contributed by atoms with E-state index in [0.717, 1.165) is 35.0 Å². The highest BCUT2D eigenvalue weighted by molar-refractivity contribution is 6.03. The molecule has 2 heterocycles. The Hall–Kier alpha value is -3.81. The quantitative estimate of drug-likeness (QED) is 0.668. The van der Waals surface area contributed by atoms with Crippen LogP contribution >= 0.6 is 0 Å². The standard InChI is InChI=1S/C18H10F5N5O/c1-28-13(15-9(8-24)5-6-14(25-15)18(21,22)23)7-12(27-28)17(29)26-16-10(19)3-2-4-11(16)20/h2-7H,1H3,(H,26,29). The van der Waals surface area contributed by atoms with Crippen LogP contribution in [0, 0.1) is 23.0 Å². The summed E-state index contributed by atoms with van der Waals surface area (Å²) in [4.78, 5) is 15.8. The maximum atomic E-state index is 13.7. The second-order valence-corrected chi connectivity index (χ2v) is 5.79. The van der Waals surface area contributed by atoms with Crippen molar-refractivity contribution in [1.29, 1.82) is 5.26 Å². The van der Waals surface area contributed by atoms with Crippen LogP contribution in [0.5, 0.6) is 0 Å². The van der Waals surface area contributed by atoms with Crippen LogP contribution in [0.1, 0.15) is 21.7 Å². The Morgan fingerprint density at radius 3 is 2.41 bits per heavy atom. The minimum absolute atomic E-state index is 0.0631. The van der Waals surface area contributed by atoms with Crippen LogP contribution in [0.3, 0.4) is 0 Å². The van der Waals surface area contributed by atoms with Crippen molar-refractivity contribution in [2.75, 3.05) is 5.32 Å². The molecule has 1 N–H and O–H groups in total. The lowest BCUT2D eigenvalue weighted by Crippen LogP contribution is -2.15. The number of carbonyl (C=O) groups is 1. The topological polar surface area (TPSA) is 83.6 Å². The molecular formula is C18H10F5N5O.